The van der Waals surface area contributed by atoms with Gasteiger partial charge in [0.1, 0.15) is 23.2 Å². The van der Waals surface area contributed by atoms with Crippen molar-refractivity contribution in [2.45, 2.75) is 62.3 Å². The lowest BCUT2D eigenvalue weighted by Crippen LogP contribution is -2.59. The third-order valence-electron chi connectivity index (χ3n) is 9.38. The number of carbonyl (C=O) groups is 3. The van der Waals surface area contributed by atoms with E-state index < -0.39 is 47.0 Å². The van der Waals surface area contributed by atoms with E-state index in [1.807, 2.05) is 61.6 Å². The molecule has 0 aromatic heterocycles. The monoisotopic (exact) mass is 604 g/mol. The number of likely N-dealkylation sites (tertiary alicyclic amines) is 1. The van der Waals surface area contributed by atoms with Gasteiger partial charge in [-0.25, -0.2) is 0 Å². The van der Waals surface area contributed by atoms with Crippen LogP contribution in [-0.4, -0.2) is 70.8 Å². The predicted molar refractivity (Wildman–Crippen MR) is 162 cm³/mol. The minimum absolute atomic E-state index is 0.239. The number of benzene rings is 2. The summed E-state index contributed by atoms with van der Waals surface area (Å²) >= 11 is 6.16. The molecule has 0 saturated carbocycles. The van der Waals surface area contributed by atoms with Gasteiger partial charge in [-0.05, 0) is 61.9 Å². The van der Waals surface area contributed by atoms with Crippen LogP contribution in [0.15, 0.2) is 78.9 Å². The highest BCUT2D eigenvalue weighted by molar-refractivity contribution is 6.30. The molecule has 2 fully saturated rings. The number of cyclic esters (lactones) is 1. The van der Waals surface area contributed by atoms with Crippen molar-refractivity contribution < 1.29 is 29.0 Å². The second kappa shape index (κ2) is 11.9. The minimum Gasteiger partial charge on any atom is -0.465 e. The molecule has 2 saturated heterocycles. The SMILES string of the molecule is CC[C@]12/C=C\CCCCOC(=O)[C@H]1[C@H]1C(=O)N([C@@H](CO)Cc3ccccc3)C3C(=O)N(c4ccc(Cl)cc4)CC=C[C@@]31O2. The first-order valence-electron chi connectivity index (χ1n) is 15.1. The van der Waals surface area contributed by atoms with Gasteiger partial charge in [0, 0.05) is 17.3 Å². The molecule has 8 nitrogen and oxygen atoms in total. The number of carbonyl (C=O) groups excluding carboxylic acids is 3. The maximum absolute atomic E-state index is 14.8. The fourth-order valence-corrected chi connectivity index (χ4v) is 7.49. The predicted octanol–water partition coefficient (Wildman–Crippen LogP) is 4.49. The number of hydrogen-bond acceptors (Lipinski definition) is 6. The Morgan fingerprint density at radius 2 is 1.74 bits per heavy atom. The number of aliphatic hydroxyl groups is 1. The molecule has 1 N–H and O–H groups in total. The second-order valence-corrected chi connectivity index (χ2v) is 12.2. The molecule has 0 aliphatic carbocycles. The number of fused-ring (bicyclic) bond motifs is 2. The van der Waals surface area contributed by atoms with Crippen LogP contribution >= 0.6 is 11.6 Å². The molecule has 1 spiro atoms. The van der Waals surface area contributed by atoms with E-state index in [0.717, 1.165) is 24.8 Å². The van der Waals surface area contributed by atoms with E-state index in [1.54, 1.807) is 29.2 Å². The van der Waals surface area contributed by atoms with Gasteiger partial charge in [-0.1, -0.05) is 73.2 Å². The van der Waals surface area contributed by atoms with E-state index in [9.17, 15) is 19.5 Å². The highest BCUT2D eigenvalue weighted by Gasteiger charge is 2.75. The molecule has 1 unspecified atom stereocenters. The smallest absolute Gasteiger partial charge is 0.313 e. The van der Waals surface area contributed by atoms with Crippen molar-refractivity contribution in [1.82, 2.24) is 4.90 Å². The molecular formula is C34H37ClN2O6. The summed E-state index contributed by atoms with van der Waals surface area (Å²) in [6, 6.07) is 14.7. The summed E-state index contributed by atoms with van der Waals surface area (Å²) < 4.78 is 12.8. The van der Waals surface area contributed by atoms with Crippen LogP contribution in [0.1, 0.15) is 38.2 Å². The van der Waals surface area contributed by atoms with Gasteiger partial charge in [0.2, 0.25) is 5.91 Å². The first-order valence-corrected chi connectivity index (χ1v) is 15.5. The largest absolute Gasteiger partial charge is 0.465 e. The molecule has 43 heavy (non-hydrogen) atoms. The minimum atomic E-state index is -1.45. The number of ether oxygens (including phenoxy) is 2. The summed E-state index contributed by atoms with van der Waals surface area (Å²) in [7, 11) is 0. The molecule has 4 aliphatic rings. The first kappa shape index (κ1) is 29.6. The summed E-state index contributed by atoms with van der Waals surface area (Å²) in [5, 5.41) is 11.3. The highest BCUT2D eigenvalue weighted by atomic mass is 35.5. The Balaban J connectivity index is 1.51. The van der Waals surface area contributed by atoms with E-state index in [4.69, 9.17) is 21.1 Å². The van der Waals surface area contributed by atoms with Crippen LogP contribution in [0.3, 0.4) is 0 Å². The summed E-state index contributed by atoms with van der Waals surface area (Å²) in [6.07, 6.45) is 10.7. The number of amides is 2. The number of rotatable bonds is 6. The summed E-state index contributed by atoms with van der Waals surface area (Å²) in [6.45, 7) is 2.06. The van der Waals surface area contributed by atoms with Gasteiger partial charge in [-0.2, -0.15) is 0 Å². The number of allylic oxidation sites excluding steroid dienone is 1. The van der Waals surface area contributed by atoms with Gasteiger partial charge in [0.15, 0.2) is 0 Å². The van der Waals surface area contributed by atoms with Crippen LogP contribution in [0.5, 0.6) is 0 Å². The third-order valence-corrected chi connectivity index (χ3v) is 9.63. The zero-order chi connectivity index (χ0) is 30.2. The maximum Gasteiger partial charge on any atom is 0.313 e. The molecular weight excluding hydrogens is 568 g/mol. The fraction of sp³-hybridized carbons (Fsp3) is 0.441. The Morgan fingerprint density at radius 1 is 0.977 bits per heavy atom. The zero-order valence-electron chi connectivity index (χ0n) is 24.2. The molecule has 4 aliphatic heterocycles. The lowest BCUT2D eigenvalue weighted by Gasteiger charge is -2.41. The van der Waals surface area contributed by atoms with Crippen LogP contribution in [0, 0.1) is 11.8 Å². The first-order chi connectivity index (χ1) is 20.8. The summed E-state index contributed by atoms with van der Waals surface area (Å²) in [5.41, 5.74) is -1.04. The Bertz CT molecular complexity index is 1430. The number of esters is 1. The Hall–Kier alpha value is -3.46. The molecule has 0 bridgehead atoms. The molecule has 2 aromatic rings. The zero-order valence-corrected chi connectivity index (χ0v) is 25.0. The van der Waals surface area contributed by atoms with Crippen LogP contribution < -0.4 is 4.90 Å². The third kappa shape index (κ3) is 4.99. The van der Waals surface area contributed by atoms with Gasteiger partial charge in [0.25, 0.3) is 5.91 Å². The number of anilines is 1. The molecule has 9 heteroatoms. The number of hydrogen-bond donors (Lipinski definition) is 1. The highest BCUT2D eigenvalue weighted by Crippen LogP contribution is 2.58. The fourth-order valence-electron chi connectivity index (χ4n) is 7.36. The second-order valence-electron chi connectivity index (χ2n) is 11.8. The van der Waals surface area contributed by atoms with E-state index in [1.165, 1.54) is 4.90 Å². The van der Waals surface area contributed by atoms with Crippen molar-refractivity contribution in [3.05, 3.63) is 89.5 Å². The van der Waals surface area contributed by atoms with Gasteiger partial charge in [-0.3, -0.25) is 14.4 Å². The molecule has 6 rings (SSSR count). The topological polar surface area (TPSA) is 96.4 Å². The summed E-state index contributed by atoms with van der Waals surface area (Å²) in [4.78, 5) is 46.5. The van der Waals surface area contributed by atoms with Crippen molar-refractivity contribution >= 4 is 35.1 Å². The number of aliphatic hydroxyl groups excluding tert-OH is 1. The molecule has 0 radical (unpaired) electrons. The molecule has 4 heterocycles. The van der Waals surface area contributed by atoms with Crippen molar-refractivity contribution in [3.8, 4) is 0 Å². The van der Waals surface area contributed by atoms with Crippen LogP contribution in [-0.2, 0) is 30.3 Å². The lowest BCUT2D eigenvalue weighted by atomic mass is 9.73. The normalized spacial score (nSPS) is 32.0. The summed E-state index contributed by atoms with van der Waals surface area (Å²) in [5.74, 6) is -3.19. The van der Waals surface area contributed by atoms with Gasteiger partial charge in [0.05, 0.1) is 25.2 Å². The van der Waals surface area contributed by atoms with Crippen molar-refractivity contribution in [2.24, 2.45) is 11.8 Å². The van der Waals surface area contributed by atoms with Crippen LogP contribution in [0.4, 0.5) is 5.69 Å². The quantitative estimate of drug-likeness (QED) is 0.386. The van der Waals surface area contributed by atoms with E-state index in [-0.39, 0.29) is 25.7 Å². The van der Waals surface area contributed by atoms with Gasteiger partial charge in [-0.15, -0.1) is 0 Å². The molecule has 226 valence electrons. The van der Waals surface area contributed by atoms with Crippen molar-refractivity contribution in [1.29, 1.82) is 0 Å². The average molecular weight is 605 g/mol. The van der Waals surface area contributed by atoms with Crippen LogP contribution in [0.2, 0.25) is 5.02 Å². The van der Waals surface area contributed by atoms with Gasteiger partial charge >= 0.3 is 5.97 Å². The van der Waals surface area contributed by atoms with Crippen molar-refractivity contribution in [2.75, 3.05) is 24.7 Å². The van der Waals surface area contributed by atoms with E-state index >= 15 is 0 Å². The Morgan fingerprint density at radius 3 is 2.47 bits per heavy atom. The molecule has 2 amide bonds. The standard InChI is InChI=1S/C34H37ClN2O6/c1-2-33-17-8-3-4-9-20-42-32(41)28(33)27-30(39)37(26(22-38)21-23-11-6-5-7-12-23)29-31(40)36(19-10-18-34(27,29)43-33)25-15-13-24(35)14-16-25/h5-8,10-18,26-29,38H,2-4,9,19-22H2,1H3/b17-8-/t26-,27+,28-,29?,33+,34+/m1/s1. The Kier molecular flexibility index (Phi) is 8.20. The van der Waals surface area contributed by atoms with Gasteiger partial charge < -0.3 is 24.4 Å². The van der Waals surface area contributed by atoms with E-state index in [0.29, 0.717) is 23.6 Å². The average Bonchev–Trinajstić information content (AvgIpc) is 3.38. The van der Waals surface area contributed by atoms with Crippen molar-refractivity contribution in [3.63, 3.8) is 0 Å². The number of nitrogens with zero attached hydrogens (tertiary/aromatic N) is 2. The van der Waals surface area contributed by atoms with Crippen LogP contribution in [0.25, 0.3) is 0 Å². The van der Waals surface area contributed by atoms with E-state index in [2.05, 4.69) is 0 Å². The molecule has 2 aromatic carbocycles. The molecule has 6 atom stereocenters. The number of halogens is 1. The lowest BCUT2D eigenvalue weighted by molar-refractivity contribution is -0.161. The maximum atomic E-state index is 14.8. The Labute approximate surface area is 256 Å².